The van der Waals surface area contributed by atoms with Crippen molar-refractivity contribution >= 4 is 0 Å². The molecule has 96 valence electrons. The van der Waals surface area contributed by atoms with Gasteiger partial charge in [-0.1, -0.05) is 24.3 Å². The largest absolute Gasteiger partial charge is 0.483 e. The van der Waals surface area contributed by atoms with Crippen LogP contribution >= 0.6 is 0 Å². The quantitative estimate of drug-likeness (QED) is 0.841. The molecule has 0 amide bonds. The van der Waals surface area contributed by atoms with Crippen LogP contribution in [0.2, 0.25) is 0 Å². The first kappa shape index (κ1) is 12.9. The Morgan fingerprint density at radius 1 is 1.26 bits per heavy atom. The Morgan fingerprint density at radius 3 is 2.79 bits per heavy atom. The summed E-state index contributed by atoms with van der Waals surface area (Å²) in [6.45, 7) is 2.37. The van der Waals surface area contributed by atoms with Crippen LogP contribution in [0, 0.1) is 18.3 Å². The average molecular weight is 254 g/mol. The van der Waals surface area contributed by atoms with Crippen molar-refractivity contribution in [1.29, 1.82) is 5.26 Å². The molecule has 0 aliphatic rings. The van der Waals surface area contributed by atoms with E-state index in [2.05, 4.69) is 0 Å². The van der Waals surface area contributed by atoms with Gasteiger partial charge in [0.05, 0.1) is 6.07 Å². The first-order valence-corrected chi connectivity index (χ1v) is 5.96. The highest BCUT2D eigenvalue weighted by molar-refractivity contribution is 5.26. The molecule has 1 aromatic carbocycles. The molecule has 1 heterocycles. The Labute approximate surface area is 111 Å². The smallest absolute Gasteiger partial charge is 0.293 e. The van der Waals surface area contributed by atoms with E-state index in [1.165, 1.54) is 4.57 Å². The summed E-state index contributed by atoms with van der Waals surface area (Å²) >= 11 is 0. The number of ether oxygens (including phenoxy) is 1. The lowest BCUT2D eigenvalue weighted by atomic mass is 10.1. The maximum atomic E-state index is 12.0. The minimum absolute atomic E-state index is 0.0282. The molecule has 0 radical (unpaired) electrons. The van der Waals surface area contributed by atoms with Gasteiger partial charge in [-0.3, -0.25) is 9.36 Å². The van der Waals surface area contributed by atoms with Gasteiger partial charge in [0.15, 0.2) is 5.75 Å². The molecule has 1 aromatic heterocycles. The van der Waals surface area contributed by atoms with Crippen LogP contribution in [-0.2, 0) is 13.2 Å². The van der Waals surface area contributed by atoms with E-state index in [1.807, 2.05) is 37.3 Å². The SMILES string of the molecule is Cc1ccccc1COc1cccn(CC#N)c1=O. The van der Waals surface area contributed by atoms with Gasteiger partial charge in [0.1, 0.15) is 13.2 Å². The molecule has 0 N–H and O–H groups in total. The third kappa shape index (κ3) is 3.02. The van der Waals surface area contributed by atoms with Gasteiger partial charge in [0.2, 0.25) is 0 Å². The molecule has 0 spiro atoms. The van der Waals surface area contributed by atoms with E-state index in [9.17, 15) is 4.79 Å². The van der Waals surface area contributed by atoms with E-state index >= 15 is 0 Å². The summed E-state index contributed by atoms with van der Waals surface area (Å²) in [4.78, 5) is 12.0. The number of hydrogen-bond donors (Lipinski definition) is 0. The second-order valence-electron chi connectivity index (χ2n) is 4.18. The minimum Gasteiger partial charge on any atom is -0.483 e. The van der Waals surface area contributed by atoms with Crippen LogP contribution in [0.1, 0.15) is 11.1 Å². The lowest BCUT2D eigenvalue weighted by Crippen LogP contribution is -2.20. The van der Waals surface area contributed by atoms with Gasteiger partial charge in [-0.2, -0.15) is 5.26 Å². The summed E-state index contributed by atoms with van der Waals surface area (Å²) in [5.41, 5.74) is 1.88. The highest BCUT2D eigenvalue weighted by atomic mass is 16.5. The molecule has 4 nitrogen and oxygen atoms in total. The third-order valence-electron chi connectivity index (χ3n) is 2.87. The topological polar surface area (TPSA) is 55.0 Å². The first-order chi connectivity index (χ1) is 9.22. The average Bonchev–Trinajstić information content (AvgIpc) is 2.42. The molecule has 2 aromatic rings. The van der Waals surface area contributed by atoms with Crippen LogP contribution < -0.4 is 10.3 Å². The molecule has 0 saturated heterocycles. The second kappa shape index (κ2) is 5.87. The van der Waals surface area contributed by atoms with Gasteiger partial charge in [0.25, 0.3) is 5.56 Å². The number of aryl methyl sites for hydroxylation is 1. The van der Waals surface area contributed by atoms with Crippen molar-refractivity contribution < 1.29 is 4.74 Å². The van der Waals surface area contributed by atoms with Crippen molar-refractivity contribution in [3.05, 3.63) is 64.1 Å². The highest BCUT2D eigenvalue weighted by Gasteiger charge is 2.05. The monoisotopic (exact) mass is 254 g/mol. The number of hydrogen-bond acceptors (Lipinski definition) is 3. The summed E-state index contributed by atoms with van der Waals surface area (Å²) in [5, 5.41) is 8.63. The van der Waals surface area contributed by atoms with Crippen LogP contribution in [0.3, 0.4) is 0 Å². The molecular formula is C15H14N2O2. The standard InChI is InChI=1S/C15H14N2O2/c1-12-5-2-3-6-13(12)11-19-14-7-4-9-17(10-8-16)15(14)18/h2-7,9H,10-11H2,1H3. The zero-order chi connectivity index (χ0) is 13.7. The van der Waals surface area contributed by atoms with Gasteiger partial charge in [-0.25, -0.2) is 0 Å². The maximum absolute atomic E-state index is 12.0. The summed E-state index contributed by atoms with van der Waals surface area (Å²) in [6, 6.07) is 13.1. The molecule has 4 heteroatoms. The number of pyridine rings is 1. The Kier molecular flexibility index (Phi) is 3.99. The lowest BCUT2D eigenvalue weighted by molar-refractivity contribution is 0.298. The van der Waals surface area contributed by atoms with Gasteiger partial charge in [-0.05, 0) is 30.2 Å². The van der Waals surface area contributed by atoms with Crippen molar-refractivity contribution in [2.45, 2.75) is 20.1 Å². The molecule has 0 atom stereocenters. The maximum Gasteiger partial charge on any atom is 0.293 e. The second-order valence-corrected chi connectivity index (χ2v) is 4.18. The Balaban J connectivity index is 2.17. The van der Waals surface area contributed by atoms with Crippen molar-refractivity contribution in [3.63, 3.8) is 0 Å². The summed E-state index contributed by atoms with van der Waals surface area (Å²) in [5.74, 6) is 0.265. The van der Waals surface area contributed by atoms with Gasteiger partial charge >= 0.3 is 0 Å². The van der Waals surface area contributed by atoms with Crippen molar-refractivity contribution in [1.82, 2.24) is 4.57 Å². The Hall–Kier alpha value is -2.54. The molecule has 0 bridgehead atoms. The van der Waals surface area contributed by atoms with E-state index in [-0.39, 0.29) is 17.9 Å². The molecule has 0 aliphatic heterocycles. The van der Waals surface area contributed by atoms with Crippen molar-refractivity contribution in [2.75, 3.05) is 0 Å². The molecule has 19 heavy (non-hydrogen) atoms. The molecule has 0 unspecified atom stereocenters. The summed E-state index contributed by atoms with van der Waals surface area (Å²) in [6.07, 6.45) is 1.58. The van der Waals surface area contributed by atoms with Crippen LogP contribution in [-0.4, -0.2) is 4.57 Å². The number of nitriles is 1. The summed E-state index contributed by atoms with van der Waals surface area (Å²) < 4.78 is 6.87. The van der Waals surface area contributed by atoms with Crippen LogP contribution in [0.5, 0.6) is 5.75 Å². The normalized spacial score (nSPS) is 9.89. The number of rotatable bonds is 4. The molecular weight excluding hydrogens is 240 g/mol. The third-order valence-corrected chi connectivity index (χ3v) is 2.87. The zero-order valence-electron chi connectivity index (χ0n) is 10.7. The number of aromatic nitrogens is 1. The summed E-state index contributed by atoms with van der Waals surface area (Å²) in [7, 11) is 0. The first-order valence-electron chi connectivity index (χ1n) is 5.96. The predicted octanol–water partition coefficient (Wildman–Crippen LogP) is 2.26. The van der Waals surface area contributed by atoms with Crippen LogP contribution in [0.25, 0.3) is 0 Å². The molecule has 0 saturated carbocycles. The minimum atomic E-state index is -0.280. The fourth-order valence-electron chi connectivity index (χ4n) is 1.75. The van der Waals surface area contributed by atoms with Gasteiger partial charge in [-0.15, -0.1) is 0 Å². The number of nitrogens with zero attached hydrogens (tertiary/aromatic N) is 2. The highest BCUT2D eigenvalue weighted by Crippen LogP contribution is 2.10. The van der Waals surface area contributed by atoms with Crippen LogP contribution in [0.15, 0.2) is 47.4 Å². The van der Waals surface area contributed by atoms with Crippen molar-refractivity contribution in [3.8, 4) is 11.8 Å². The van der Waals surface area contributed by atoms with Crippen molar-refractivity contribution in [2.24, 2.45) is 0 Å². The van der Waals surface area contributed by atoms with Gasteiger partial charge < -0.3 is 4.74 Å². The van der Waals surface area contributed by atoms with E-state index in [0.29, 0.717) is 6.61 Å². The van der Waals surface area contributed by atoms with Crippen LogP contribution in [0.4, 0.5) is 0 Å². The molecule has 0 aliphatic carbocycles. The van der Waals surface area contributed by atoms with E-state index in [4.69, 9.17) is 10.00 Å². The fourth-order valence-corrected chi connectivity index (χ4v) is 1.75. The van der Waals surface area contributed by atoms with E-state index in [0.717, 1.165) is 11.1 Å². The van der Waals surface area contributed by atoms with E-state index in [1.54, 1.807) is 18.3 Å². The van der Waals surface area contributed by atoms with E-state index < -0.39 is 0 Å². The zero-order valence-corrected chi connectivity index (χ0v) is 10.7. The number of benzene rings is 1. The lowest BCUT2D eigenvalue weighted by Gasteiger charge is -2.09. The Morgan fingerprint density at radius 2 is 2.05 bits per heavy atom. The molecule has 2 rings (SSSR count). The Bertz CT molecular complexity index is 668. The predicted molar refractivity (Wildman–Crippen MR) is 71.8 cm³/mol. The molecule has 0 fully saturated rings. The van der Waals surface area contributed by atoms with Gasteiger partial charge in [0, 0.05) is 6.20 Å². The fraction of sp³-hybridized carbons (Fsp3) is 0.200.